The standard InChI is InChI=1S/C15H12Cl2N4OS/c1-8(14(22)21-13-5-3-10(17)7-18-13)23-15-19-11-4-2-9(16)6-12(11)20-15/h2-8H,1H3,(H,19,20)(H,18,21,22). The van der Waals surface area contributed by atoms with Crippen LogP contribution in [0.2, 0.25) is 10.0 Å². The molecule has 5 nitrogen and oxygen atoms in total. The van der Waals surface area contributed by atoms with Crippen LogP contribution in [-0.2, 0) is 4.79 Å². The molecule has 23 heavy (non-hydrogen) atoms. The topological polar surface area (TPSA) is 70.7 Å². The number of benzene rings is 1. The summed E-state index contributed by atoms with van der Waals surface area (Å²) >= 11 is 13.0. The van der Waals surface area contributed by atoms with Crippen LogP contribution < -0.4 is 5.32 Å². The van der Waals surface area contributed by atoms with Gasteiger partial charge in [-0.3, -0.25) is 4.79 Å². The normalized spacial score (nSPS) is 12.3. The Labute approximate surface area is 146 Å². The van der Waals surface area contributed by atoms with Crippen LogP contribution in [0.15, 0.2) is 41.7 Å². The number of pyridine rings is 1. The number of rotatable bonds is 4. The maximum Gasteiger partial charge on any atom is 0.238 e. The first-order chi connectivity index (χ1) is 11.0. The summed E-state index contributed by atoms with van der Waals surface area (Å²) in [6, 6.07) is 8.74. The third kappa shape index (κ3) is 3.96. The summed E-state index contributed by atoms with van der Waals surface area (Å²) < 4.78 is 0. The molecule has 1 atom stereocenters. The van der Waals surface area contributed by atoms with Crippen molar-refractivity contribution in [1.82, 2.24) is 15.0 Å². The Morgan fingerprint density at radius 1 is 1.26 bits per heavy atom. The Morgan fingerprint density at radius 2 is 2.04 bits per heavy atom. The van der Waals surface area contributed by atoms with Gasteiger partial charge in [0.1, 0.15) is 5.82 Å². The zero-order chi connectivity index (χ0) is 16.4. The van der Waals surface area contributed by atoms with Gasteiger partial charge in [-0.2, -0.15) is 0 Å². The molecule has 3 rings (SSSR count). The number of carbonyl (C=O) groups is 1. The van der Waals surface area contributed by atoms with Crippen molar-refractivity contribution in [2.75, 3.05) is 5.32 Å². The summed E-state index contributed by atoms with van der Waals surface area (Å²) in [5, 5.41) is 4.21. The number of nitrogens with one attached hydrogen (secondary N) is 2. The summed E-state index contributed by atoms with van der Waals surface area (Å²) in [6.45, 7) is 1.80. The highest BCUT2D eigenvalue weighted by molar-refractivity contribution is 8.00. The third-order valence-corrected chi connectivity index (χ3v) is 4.50. The number of amides is 1. The molecular weight excluding hydrogens is 355 g/mol. The maximum absolute atomic E-state index is 12.2. The number of fused-ring (bicyclic) bond motifs is 1. The number of thioether (sulfide) groups is 1. The molecule has 0 saturated heterocycles. The van der Waals surface area contributed by atoms with E-state index in [0.717, 1.165) is 11.0 Å². The number of carbonyl (C=O) groups excluding carboxylic acids is 1. The lowest BCUT2D eigenvalue weighted by atomic mass is 10.3. The van der Waals surface area contributed by atoms with Crippen molar-refractivity contribution in [2.45, 2.75) is 17.3 Å². The van der Waals surface area contributed by atoms with Crippen molar-refractivity contribution >= 4 is 57.7 Å². The van der Waals surface area contributed by atoms with Gasteiger partial charge < -0.3 is 10.3 Å². The average molecular weight is 367 g/mol. The first kappa shape index (κ1) is 16.1. The molecule has 1 amide bonds. The van der Waals surface area contributed by atoms with Gasteiger partial charge in [0, 0.05) is 11.2 Å². The number of anilines is 1. The molecule has 2 N–H and O–H groups in total. The van der Waals surface area contributed by atoms with Crippen LogP contribution in [0.4, 0.5) is 5.82 Å². The van der Waals surface area contributed by atoms with Crippen molar-refractivity contribution < 1.29 is 4.79 Å². The van der Waals surface area contributed by atoms with E-state index in [4.69, 9.17) is 23.2 Å². The Kier molecular flexibility index (Phi) is 4.75. The van der Waals surface area contributed by atoms with E-state index in [9.17, 15) is 4.79 Å². The summed E-state index contributed by atoms with van der Waals surface area (Å²) in [7, 11) is 0. The quantitative estimate of drug-likeness (QED) is 0.672. The highest BCUT2D eigenvalue weighted by Crippen LogP contribution is 2.25. The fraction of sp³-hybridized carbons (Fsp3) is 0.133. The smallest absolute Gasteiger partial charge is 0.238 e. The van der Waals surface area contributed by atoms with Crippen LogP contribution in [0.25, 0.3) is 11.0 Å². The molecule has 0 spiro atoms. The van der Waals surface area contributed by atoms with Crippen LogP contribution in [0.5, 0.6) is 0 Å². The molecule has 0 fully saturated rings. The molecular formula is C15H12Cl2N4OS. The summed E-state index contributed by atoms with van der Waals surface area (Å²) in [4.78, 5) is 23.8. The highest BCUT2D eigenvalue weighted by atomic mass is 35.5. The number of aromatic nitrogens is 3. The predicted octanol–water partition coefficient (Wildman–Crippen LogP) is 4.38. The molecule has 1 unspecified atom stereocenters. The van der Waals surface area contributed by atoms with Gasteiger partial charge in [0.25, 0.3) is 0 Å². The number of halogens is 2. The minimum Gasteiger partial charge on any atom is -0.333 e. The van der Waals surface area contributed by atoms with Crippen LogP contribution in [0, 0.1) is 0 Å². The van der Waals surface area contributed by atoms with E-state index in [1.54, 1.807) is 31.2 Å². The molecule has 8 heteroatoms. The van der Waals surface area contributed by atoms with E-state index in [-0.39, 0.29) is 11.2 Å². The fourth-order valence-corrected chi connectivity index (χ4v) is 3.02. The Morgan fingerprint density at radius 3 is 2.78 bits per heavy atom. The second-order valence-electron chi connectivity index (χ2n) is 4.81. The number of hydrogen-bond acceptors (Lipinski definition) is 4. The third-order valence-electron chi connectivity index (χ3n) is 3.06. The van der Waals surface area contributed by atoms with Gasteiger partial charge in [0.15, 0.2) is 5.16 Å². The SMILES string of the molecule is CC(Sc1nc2ccc(Cl)cc2[nH]1)C(=O)Nc1ccc(Cl)cn1. The van der Waals surface area contributed by atoms with E-state index in [1.807, 2.05) is 6.07 Å². The lowest BCUT2D eigenvalue weighted by molar-refractivity contribution is -0.115. The van der Waals surface area contributed by atoms with Gasteiger partial charge in [0.05, 0.1) is 21.3 Å². The number of hydrogen-bond donors (Lipinski definition) is 2. The summed E-state index contributed by atoms with van der Waals surface area (Å²) in [5.74, 6) is 0.298. The first-order valence-electron chi connectivity index (χ1n) is 6.75. The number of nitrogens with zero attached hydrogens (tertiary/aromatic N) is 2. The molecule has 0 aliphatic carbocycles. The van der Waals surface area contributed by atoms with E-state index in [0.29, 0.717) is 21.0 Å². The van der Waals surface area contributed by atoms with Gasteiger partial charge in [0.2, 0.25) is 5.91 Å². The highest BCUT2D eigenvalue weighted by Gasteiger charge is 2.17. The largest absolute Gasteiger partial charge is 0.333 e. The molecule has 0 aliphatic heterocycles. The van der Waals surface area contributed by atoms with E-state index in [1.165, 1.54) is 18.0 Å². The molecule has 1 aromatic carbocycles. The second kappa shape index (κ2) is 6.78. The van der Waals surface area contributed by atoms with Crippen molar-refractivity contribution in [1.29, 1.82) is 0 Å². The van der Waals surface area contributed by atoms with Gasteiger partial charge >= 0.3 is 0 Å². The molecule has 0 saturated carbocycles. The van der Waals surface area contributed by atoms with Crippen LogP contribution >= 0.6 is 35.0 Å². The Bertz CT molecular complexity index is 850. The summed E-state index contributed by atoms with van der Waals surface area (Å²) in [6.07, 6.45) is 1.48. The number of aromatic amines is 1. The number of H-pyrrole nitrogens is 1. The average Bonchev–Trinajstić information content (AvgIpc) is 2.90. The van der Waals surface area contributed by atoms with Crippen LogP contribution in [0.1, 0.15) is 6.92 Å². The molecule has 3 aromatic rings. The van der Waals surface area contributed by atoms with E-state index in [2.05, 4.69) is 20.3 Å². The molecule has 0 radical (unpaired) electrons. The van der Waals surface area contributed by atoms with Gasteiger partial charge in [-0.1, -0.05) is 35.0 Å². The molecule has 0 aliphatic rings. The van der Waals surface area contributed by atoms with Crippen LogP contribution in [0.3, 0.4) is 0 Å². The minimum absolute atomic E-state index is 0.164. The fourth-order valence-electron chi connectivity index (χ4n) is 1.91. The van der Waals surface area contributed by atoms with Crippen molar-refractivity contribution in [3.8, 4) is 0 Å². The molecule has 2 aromatic heterocycles. The predicted molar refractivity (Wildman–Crippen MR) is 94.3 cm³/mol. The Balaban J connectivity index is 1.68. The molecule has 0 bridgehead atoms. The van der Waals surface area contributed by atoms with E-state index >= 15 is 0 Å². The minimum atomic E-state index is -0.344. The zero-order valence-electron chi connectivity index (χ0n) is 12.0. The lowest BCUT2D eigenvalue weighted by Crippen LogP contribution is -2.23. The van der Waals surface area contributed by atoms with E-state index < -0.39 is 0 Å². The van der Waals surface area contributed by atoms with Gasteiger partial charge in [-0.15, -0.1) is 0 Å². The Hall–Kier alpha value is -1.76. The second-order valence-corrected chi connectivity index (χ2v) is 7.02. The molecule has 2 heterocycles. The van der Waals surface area contributed by atoms with Crippen molar-refractivity contribution in [3.63, 3.8) is 0 Å². The van der Waals surface area contributed by atoms with Crippen molar-refractivity contribution in [3.05, 3.63) is 46.6 Å². The zero-order valence-corrected chi connectivity index (χ0v) is 14.3. The monoisotopic (exact) mass is 366 g/mol. The lowest BCUT2D eigenvalue weighted by Gasteiger charge is -2.09. The number of imidazole rings is 1. The van der Waals surface area contributed by atoms with Crippen LogP contribution in [-0.4, -0.2) is 26.1 Å². The first-order valence-corrected chi connectivity index (χ1v) is 8.39. The van der Waals surface area contributed by atoms with Crippen molar-refractivity contribution in [2.24, 2.45) is 0 Å². The molecule has 118 valence electrons. The van der Waals surface area contributed by atoms with Gasteiger partial charge in [-0.05, 0) is 37.3 Å². The maximum atomic E-state index is 12.2. The summed E-state index contributed by atoms with van der Waals surface area (Å²) in [5.41, 5.74) is 1.65. The van der Waals surface area contributed by atoms with Gasteiger partial charge in [-0.25, -0.2) is 9.97 Å².